The monoisotopic (exact) mass is 450 g/mol. The van der Waals surface area contributed by atoms with Crippen LogP contribution in [0.5, 0.6) is 5.88 Å². The van der Waals surface area contributed by atoms with Gasteiger partial charge in [0.25, 0.3) is 11.8 Å². The van der Waals surface area contributed by atoms with Crippen molar-refractivity contribution in [3.8, 4) is 17.3 Å². The van der Waals surface area contributed by atoms with Crippen LogP contribution in [0.2, 0.25) is 0 Å². The number of nitrogens with two attached hydrogens (primary N) is 1. The summed E-state index contributed by atoms with van der Waals surface area (Å²) in [5.74, 6) is 2.45. The first-order chi connectivity index (χ1) is 15.9. The van der Waals surface area contributed by atoms with E-state index in [1.807, 2.05) is 58.0 Å². The Bertz CT molecular complexity index is 1320. The average molecular weight is 451 g/mol. The Morgan fingerprint density at radius 3 is 2.55 bits per heavy atom. The van der Waals surface area contributed by atoms with Crippen LogP contribution < -0.4 is 15.8 Å². The molecular formula is C21H26N10O2. The van der Waals surface area contributed by atoms with E-state index in [2.05, 4.69) is 30.7 Å². The van der Waals surface area contributed by atoms with Gasteiger partial charge in [-0.1, -0.05) is 44.2 Å². The molecule has 1 aliphatic heterocycles. The molecule has 1 aromatic carbocycles. The predicted octanol–water partition coefficient (Wildman–Crippen LogP) is 2.27. The lowest BCUT2D eigenvalue weighted by atomic mass is 10.1. The number of anilines is 1. The second kappa shape index (κ2) is 7.89. The van der Waals surface area contributed by atoms with E-state index in [9.17, 15) is 0 Å². The summed E-state index contributed by atoms with van der Waals surface area (Å²) in [6.07, 6.45) is 0. The SMILES string of the molecule is CCOC1=Nn2nc(-c3ccccc3)nc2C1(N)Nc1c(OCC)nn2[nH]c(C(C)C)nc12. The van der Waals surface area contributed by atoms with Gasteiger partial charge in [-0.05, 0) is 13.8 Å². The Balaban J connectivity index is 1.61. The summed E-state index contributed by atoms with van der Waals surface area (Å²) in [5, 5.41) is 19.9. The van der Waals surface area contributed by atoms with E-state index in [0.29, 0.717) is 42.1 Å². The van der Waals surface area contributed by atoms with Crippen LogP contribution in [-0.4, -0.2) is 53.8 Å². The van der Waals surface area contributed by atoms with E-state index < -0.39 is 5.66 Å². The minimum atomic E-state index is -1.41. The maximum absolute atomic E-state index is 6.89. The van der Waals surface area contributed by atoms with Gasteiger partial charge in [0.15, 0.2) is 5.82 Å². The molecule has 12 nitrogen and oxygen atoms in total. The van der Waals surface area contributed by atoms with Gasteiger partial charge < -0.3 is 14.8 Å². The minimum absolute atomic E-state index is 0.186. The van der Waals surface area contributed by atoms with Crippen molar-refractivity contribution in [3.63, 3.8) is 0 Å². The smallest absolute Gasteiger partial charge is 0.261 e. The zero-order valence-electron chi connectivity index (χ0n) is 18.9. The van der Waals surface area contributed by atoms with Crippen LogP contribution in [0.1, 0.15) is 45.3 Å². The molecule has 4 N–H and O–H groups in total. The van der Waals surface area contributed by atoms with Gasteiger partial charge in [0, 0.05) is 11.5 Å². The van der Waals surface area contributed by atoms with Crippen LogP contribution >= 0.6 is 0 Å². The standard InChI is InChI=1S/C21H26N10O2/c1-5-32-18-14(17-23-15(12(3)4)26-30(17)28-18)25-21(22)19-24-16(13-10-8-7-9-11-13)27-31(19)29-20(21)33-6-2/h7-12,25H,5-6,22H2,1-4H3,(H,23,26). The van der Waals surface area contributed by atoms with E-state index in [0.717, 1.165) is 11.4 Å². The summed E-state index contributed by atoms with van der Waals surface area (Å²) in [6, 6.07) is 9.63. The molecule has 0 fully saturated rings. The summed E-state index contributed by atoms with van der Waals surface area (Å²) >= 11 is 0. The number of nitrogens with zero attached hydrogens (tertiary/aromatic N) is 7. The summed E-state index contributed by atoms with van der Waals surface area (Å²) in [4.78, 5) is 10.8. The fourth-order valence-corrected chi connectivity index (χ4v) is 3.60. The molecule has 4 aromatic rings. The van der Waals surface area contributed by atoms with Gasteiger partial charge in [-0.15, -0.1) is 24.7 Å². The maximum Gasteiger partial charge on any atom is 0.261 e. The van der Waals surface area contributed by atoms with E-state index >= 15 is 0 Å². The molecular weight excluding hydrogens is 424 g/mol. The first-order valence-corrected chi connectivity index (χ1v) is 10.9. The maximum atomic E-state index is 6.89. The van der Waals surface area contributed by atoms with Gasteiger partial charge in [0.05, 0.1) is 13.2 Å². The lowest BCUT2D eigenvalue weighted by molar-refractivity contribution is 0.297. The highest BCUT2D eigenvalue weighted by atomic mass is 16.5. The number of aromatic amines is 1. The molecule has 0 radical (unpaired) electrons. The van der Waals surface area contributed by atoms with Crippen molar-refractivity contribution in [2.24, 2.45) is 10.8 Å². The minimum Gasteiger partial charge on any atom is -0.477 e. The van der Waals surface area contributed by atoms with Gasteiger partial charge in [0.2, 0.25) is 17.1 Å². The second-order valence-electron chi connectivity index (χ2n) is 7.90. The van der Waals surface area contributed by atoms with Crippen molar-refractivity contribution in [2.75, 3.05) is 18.5 Å². The first kappa shape index (κ1) is 20.9. The molecule has 3 aromatic heterocycles. The van der Waals surface area contributed by atoms with Gasteiger partial charge in [-0.2, -0.15) is 0 Å². The highest BCUT2D eigenvalue weighted by molar-refractivity contribution is 5.93. The van der Waals surface area contributed by atoms with Crippen LogP contribution in [0.3, 0.4) is 0 Å². The van der Waals surface area contributed by atoms with Crippen LogP contribution in [-0.2, 0) is 10.4 Å². The summed E-state index contributed by atoms with van der Waals surface area (Å²) in [5.41, 5.74) is 7.38. The zero-order chi connectivity index (χ0) is 23.2. The fourth-order valence-electron chi connectivity index (χ4n) is 3.60. The van der Waals surface area contributed by atoms with Gasteiger partial charge in [-0.3, -0.25) is 10.8 Å². The van der Waals surface area contributed by atoms with Crippen molar-refractivity contribution < 1.29 is 9.47 Å². The number of aromatic nitrogens is 7. The van der Waals surface area contributed by atoms with Crippen LogP contribution in [0.15, 0.2) is 35.4 Å². The largest absolute Gasteiger partial charge is 0.477 e. The number of benzene rings is 1. The number of hydrogen-bond acceptors (Lipinski definition) is 9. The van der Waals surface area contributed by atoms with Crippen molar-refractivity contribution >= 4 is 17.2 Å². The molecule has 1 aliphatic rings. The highest BCUT2D eigenvalue weighted by Crippen LogP contribution is 2.35. The number of fused-ring (bicyclic) bond motifs is 2. The molecule has 0 bridgehead atoms. The normalized spacial score (nSPS) is 17.5. The summed E-state index contributed by atoms with van der Waals surface area (Å²) in [7, 11) is 0. The molecule has 5 rings (SSSR count). The Morgan fingerprint density at radius 1 is 1.09 bits per heavy atom. The van der Waals surface area contributed by atoms with Crippen LogP contribution in [0.25, 0.3) is 17.0 Å². The Kier molecular flexibility index (Phi) is 5.01. The fraction of sp³-hybridized carbons (Fsp3) is 0.381. The number of nitrogens with one attached hydrogen (secondary N) is 2. The Labute approximate surface area is 189 Å². The Morgan fingerprint density at radius 2 is 1.85 bits per heavy atom. The van der Waals surface area contributed by atoms with E-state index in [1.165, 1.54) is 4.79 Å². The van der Waals surface area contributed by atoms with Crippen LogP contribution in [0, 0.1) is 0 Å². The van der Waals surface area contributed by atoms with Crippen molar-refractivity contribution in [1.82, 2.24) is 34.7 Å². The predicted molar refractivity (Wildman–Crippen MR) is 122 cm³/mol. The third kappa shape index (κ3) is 3.39. The molecule has 172 valence electrons. The lowest BCUT2D eigenvalue weighted by Gasteiger charge is -2.25. The number of rotatable bonds is 7. The topological polar surface area (TPSA) is 146 Å². The van der Waals surface area contributed by atoms with Gasteiger partial charge in [-0.25, -0.2) is 9.97 Å². The number of H-pyrrole nitrogens is 1. The molecule has 0 amide bonds. The summed E-state index contributed by atoms with van der Waals surface area (Å²) in [6.45, 7) is 8.63. The van der Waals surface area contributed by atoms with E-state index in [-0.39, 0.29) is 11.8 Å². The number of hydrogen-bond donors (Lipinski definition) is 3. The molecule has 4 heterocycles. The Hall–Kier alpha value is -3.93. The molecule has 0 aliphatic carbocycles. The molecule has 0 saturated heterocycles. The summed E-state index contributed by atoms with van der Waals surface area (Å²) < 4.78 is 13.1. The van der Waals surface area contributed by atoms with E-state index in [4.69, 9.17) is 20.2 Å². The number of ether oxygens (including phenoxy) is 2. The molecule has 1 atom stereocenters. The molecule has 0 spiro atoms. The van der Waals surface area contributed by atoms with Crippen molar-refractivity contribution in [3.05, 3.63) is 42.0 Å². The quantitative estimate of drug-likeness (QED) is 0.364. The van der Waals surface area contributed by atoms with Gasteiger partial charge in [0.1, 0.15) is 11.5 Å². The highest BCUT2D eigenvalue weighted by Gasteiger charge is 2.48. The molecule has 33 heavy (non-hydrogen) atoms. The molecule has 1 unspecified atom stereocenters. The van der Waals surface area contributed by atoms with Crippen molar-refractivity contribution in [2.45, 2.75) is 39.3 Å². The third-order valence-electron chi connectivity index (χ3n) is 5.21. The van der Waals surface area contributed by atoms with Crippen molar-refractivity contribution in [1.29, 1.82) is 0 Å². The van der Waals surface area contributed by atoms with E-state index in [1.54, 1.807) is 4.63 Å². The molecule has 0 saturated carbocycles. The second-order valence-corrected chi connectivity index (χ2v) is 7.90. The third-order valence-corrected chi connectivity index (χ3v) is 5.21. The average Bonchev–Trinajstić information content (AvgIpc) is 3.53. The molecule has 12 heteroatoms. The van der Waals surface area contributed by atoms with Gasteiger partial charge >= 0.3 is 0 Å². The first-order valence-electron chi connectivity index (χ1n) is 10.9. The van der Waals surface area contributed by atoms with Crippen LogP contribution in [0.4, 0.5) is 5.69 Å². The zero-order valence-corrected chi connectivity index (χ0v) is 18.9. The lowest BCUT2D eigenvalue weighted by Crippen LogP contribution is -2.51.